The number of phenolic OH excluding ortho intramolecular Hbond substituents is 1. The summed E-state index contributed by atoms with van der Waals surface area (Å²) in [6, 6.07) is 13.8. The summed E-state index contributed by atoms with van der Waals surface area (Å²) in [4.78, 5) is 16.9. The van der Waals surface area contributed by atoms with Crippen molar-refractivity contribution in [3.05, 3.63) is 75.8 Å². The van der Waals surface area contributed by atoms with Gasteiger partial charge in [0.05, 0.1) is 5.56 Å². The molecule has 4 rings (SSSR count). The number of rotatable bonds is 3. The van der Waals surface area contributed by atoms with Crippen LogP contribution in [-0.2, 0) is 0 Å². The van der Waals surface area contributed by atoms with Crippen molar-refractivity contribution in [2.24, 2.45) is 0 Å². The smallest absolute Gasteiger partial charge is 0.257 e. The van der Waals surface area contributed by atoms with Gasteiger partial charge in [-0.15, -0.1) is 0 Å². The number of aromatic hydroxyl groups is 1. The van der Waals surface area contributed by atoms with E-state index in [0.29, 0.717) is 33.3 Å². The summed E-state index contributed by atoms with van der Waals surface area (Å²) in [7, 11) is 0. The zero-order chi connectivity index (χ0) is 23.0. The van der Waals surface area contributed by atoms with Crippen LogP contribution in [0.4, 0.5) is 5.69 Å². The third-order valence-electron chi connectivity index (χ3n) is 4.97. The van der Waals surface area contributed by atoms with E-state index in [2.05, 4.69) is 15.6 Å². The summed E-state index contributed by atoms with van der Waals surface area (Å²) in [6.07, 6.45) is 0. The predicted molar refractivity (Wildman–Crippen MR) is 130 cm³/mol. The minimum Gasteiger partial charge on any atom is -0.507 e. The number of nitrogens with one attached hydrogen (secondary N) is 2. The molecule has 0 bridgehead atoms. The lowest BCUT2D eigenvalue weighted by Crippen LogP contribution is -2.34. The fraction of sp³-hybridized carbons (Fsp3) is 0.125. The third kappa shape index (κ3) is 4.44. The highest BCUT2D eigenvalue weighted by molar-refractivity contribution is 7.80. The van der Waals surface area contributed by atoms with Gasteiger partial charge in [-0.3, -0.25) is 10.1 Å². The molecular formula is C24H20ClN3O3S. The fourth-order valence-corrected chi connectivity index (χ4v) is 3.74. The van der Waals surface area contributed by atoms with Gasteiger partial charge in [0.15, 0.2) is 10.7 Å². The molecule has 0 aliphatic rings. The number of nitrogens with zero attached hydrogens (tertiary/aromatic N) is 1. The second-order valence-electron chi connectivity index (χ2n) is 7.55. The van der Waals surface area contributed by atoms with Crippen molar-refractivity contribution in [1.82, 2.24) is 10.3 Å². The van der Waals surface area contributed by atoms with Gasteiger partial charge in [0, 0.05) is 22.3 Å². The van der Waals surface area contributed by atoms with Gasteiger partial charge >= 0.3 is 0 Å². The summed E-state index contributed by atoms with van der Waals surface area (Å²) < 4.78 is 5.88. The molecule has 162 valence electrons. The van der Waals surface area contributed by atoms with Crippen LogP contribution in [0.5, 0.6) is 5.75 Å². The second-order valence-corrected chi connectivity index (χ2v) is 8.37. The molecule has 0 atom stereocenters. The monoisotopic (exact) mass is 465 g/mol. The van der Waals surface area contributed by atoms with Crippen molar-refractivity contribution in [2.45, 2.75) is 20.8 Å². The Balaban J connectivity index is 1.49. The van der Waals surface area contributed by atoms with Gasteiger partial charge in [-0.1, -0.05) is 23.7 Å². The Morgan fingerprint density at radius 1 is 1.06 bits per heavy atom. The lowest BCUT2D eigenvalue weighted by atomic mass is 10.1. The molecule has 3 aromatic carbocycles. The van der Waals surface area contributed by atoms with Crippen LogP contribution in [0.2, 0.25) is 5.02 Å². The molecule has 0 fully saturated rings. The van der Waals surface area contributed by atoms with E-state index in [1.54, 1.807) is 30.3 Å². The first-order valence-electron chi connectivity index (χ1n) is 9.81. The van der Waals surface area contributed by atoms with Crippen molar-refractivity contribution in [3.8, 4) is 17.2 Å². The zero-order valence-corrected chi connectivity index (χ0v) is 19.2. The van der Waals surface area contributed by atoms with Crippen LogP contribution in [0.15, 0.2) is 52.9 Å². The van der Waals surface area contributed by atoms with Crippen molar-refractivity contribution < 1.29 is 14.3 Å². The third-order valence-corrected chi connectivity index (χ3v) is 5.58. The predicted octanol–water partition coefficient (Wildman–Crippen LogP) is 5.91. The molecule has 6 nitrogen and oxygen atoms in total. The molecule has 3 N–H and O–H groups in total. The highest BCUT2D eigenvalue weighted by atomic mass is 35.5. The average Bonchev–Trinajstić information content (AvgIpc) is 3.14. The molecule has 0 spiro atoms. The maximum Gasteiger partial charge on any atom is 0.257 e. The second kappa shape index (κ2) is 8.61. The van der Waals surface area contributed by atoms with Crippen LogP contribution in [0.1, 0.15) is 27.0 Å². The normalized spacial score (nSPS) is 10.9. The van der Waals surface area contributed by atoms with Gasteiger partial charge in [-0.25, -0.2) is 4.98 Å². The minimum atomic E-state index is -0.387. The van der Waals surface area contributed by atoms with Crippen LogP contribution in [-0.4, -0.2) is 21.1 Å². The van der Waals surface area contributed by atoms with Gasteiger partial charge in [0.1, 0.15) is 11.3 Å². The van der Waals surface area contributed by atoms with E-state index >= 15 is 0 Å². The molecule has 0 aliphatic carbocycles. The molecule has 0 saturated heterocycles. The molecular weight excluding hydrogens is 446 g/mol. The van der Waals surface area contributed by atoms with E-state index in [1.807, 2.05) is 32.9 Å². The first kappa shape index (κ1) is 21.8. The molecule has 1 amide bonds. The number of phenols is 1. The Kier molecular flexibility index (Phi) is 5.86. The zero-order valence-electron chi connectivity index (χ0n) is 17.6. The van der Waals surface area contributed by atoms with E-state index in [-0.39, 0.29) is 16.8 Å². The molecule has 1 heterocycles. The number of hydrogen-bond donors (Lipinski definition) is 3. The van der Waals surface area contributed by atoms with Crippen LogP contribution in [0.25, 0.3) is 22.6 Å². The lowest BCUT2D eigenvalue weighted by molar-refractivity contribution is 0.0977. The van der Waals surface area contributed by atoms with E-state index in [0.717, 1.165) is 22.2 Å². The lowest BCUT2D eigenvalue weighted by Gasteiger charge is -2.11. The Bertz CT molecular complexity index is 1380. The number of anilines is 1. The highest BCUT2D eigenvalue weighted by Gasteiger charge is 2.15. The van der Waals surface area contributed by atoms with Crippen LogP contribution >= 0.6 is 23.8 Å². The van der Waals surface area contributed by atoms with E-state index in [9.17, 15) is 9.90 Å². The molecule has 0 unspecified atom stereocenters. The van der Waals surface area contributed by atoms with Crippen molar-refractivity contribution in [1.29, 1.82) is 0 Å². The van der Waals surface area contributed by atoms with Crippen molar-refractivity contribution in [2.75, 3.05) is 5.32 Å². The highest BCUT2D eigenvalue weighted by Crippen LogP contribution is 2.34. The van der Waals surface area contributed by atoms with E-state index in [1.165, 1.54) is 6.07 Å². The number of carbonyl (C=O) groups excluding carboxylic acids is 1. The molecule has 1 aromatic heterocycles. The van der Waals surface area contributed by atoms with Gasteiger partial charge in [0.25, 0.3) is 5.91 Å². The Hall–Kier alpha value is -3.42. The molecule has 8 heteroatoms. The minimum absolute atomic E-state index is 0.0321. The number of carbonyl (C=O) groups is 1. The fourth-order valence-electron chi connectivity index (χ4n) is 3.35. The average molecular weight is 466 g/mol. The van der Waals surface area contributed by atoms with Gasteiger partial charge in [-0.2, -0.15) is 0 Å². The topological polar surface area (TPSA) is 87.4 Å². The molecule has 0 aliphatic heterocycles. The summed E-state index contributed by atoms with van der Waals surface area (Å²) in [5, 5.41) is 16.6. The summed E-state index contributed by atoms with van der Waals surface area (Å²) in [6.45, 7) is 5.81. The quantitative estimate of drug-likeness (QED) is 0.326. The SMILES string of the molecule is Cc1cc(C)c2oc(-c3ccc(NC(=S)NC(=O)c4ccc(C)c(Cl)c4)cc3O)nc2c1. The standard InChI is InChI=1S/C24H20ClN3O3S/c1-12-8-14(3)21-19(9-12)27-23(31-21)17-7-6-16(11-20(17)29)26-24(32)28-22(30)15-5-4-13(2)18(25)10-15/h4-11,29H,1-3H3,(H2,26,28,30,32). The number of halogens is 1. The number of aryl methyl sites for hydroxylation is 3. The van der Waals surface area contributed by atoms with Crippen LogP contribution < -0.4 is 10.6 Å². The number of aromatic nitrogens is 1. The molecule has 32 heavy (non-hydrogen) atoms. The van der Waals surface area contributed by atoms with Gasteiger partial charge in [-0.05, 0) is 80.0 Å². The largest absolute Gasteiger partial charge is 0.507 e. The van der Waals surface area contributed by atoms with E-state index < -0.39 is 0 Å². The number of hydrogen-bond acceptors (Lipinski definition) is 5. The Labute approximate surface area is 195 Å². The van der Waals surface area contributed by atoms with Crippen LogP contribution in [0.3, 0.4) is 0 Å². The molecule has 0 saturated carbocycles. The van der Waals surface area contributed by atoms with E-state index in [4.69, 9.17) is 28.2 Å². The van der Waals surface area contributed by atoms with Gasteiger partial charge < -0.3 is 14.8 Å². The summed E-state index contributed by atoms with van der Waals surface area (Å²) >= 11 is 11.3. The number of oxazole rings is 1. The number of amides is 1. The Morgan fingerprint density at radius 3 is 2.56 bits per heavy atom. The van der Waals surface area contributed by atoms with Crippen LogP contribution in [0, 0.1) is 20.8 Å². The maximum atomic E-state index is 12.4. The first-order valence-corrected chi connectivity index (χ1v) is 10.6. The maximum absolute atomic E-state index is 12.4. The molecule has 4 aromatic rings. The number of fused-ring (bicyclic) bond motifs is 1. The summed E-state index contributed by atoms with van der Waals surface area (Å²) in [5.41, 5.74) is 5.71. The number of thiocarbonyl (C=S) groups is 1. The van der Waals surface area contributed by atoms with Crippen molar-refractivity contribution >= 4 is 51.6 Å². The first-order chi connectivity index (χ1) is 15.2. The molecule has 0 radical (unpaired) electrons. The Morgan fingerprint density at radius 2 is 1.84 bits per heavy atom. The number of benzene rings is 3. The summed E-state index contributed by atoms with van der Waals surface area (Å²) in [5.74, 6) is -0.0948. The van der Waals surface area contributed by atoms with Crippen molar-refractivity contribution in [3.63, 3.8) is 0 Å². The van der Waals surface area contributed by atoms with Gasteiger partial charge in [0.2, 0.25) is 5.89 Å².